The van der Waals surface area contributed by atoms with Gasteiger partial charge in [0.2, 0.25) is 0 Å². The predicted octanol–water partition coefficient (Wildman–Crippen LogP) is 0.218. The topological polar surface area (TPSA) is 367 Å². The van der Waals surface area contributed by atoms with Crippen LogP contribution in [0.3, 0.4) is 0 Å². The number of primary amides is 1. The highest BCUT2D eigenvalue weighted by atomic mass is 32.2. The summed E-state index contributed by atoms with van der Waals surface area (Å²) in [7, 11) is -10.9. The molecule has 0 saturated carbocycles. The fourth-order valence-electron chi connectivity index (χ4n) is 5.66. The second-order valence-corrected chi connectivity index (χ2v) is 15.9. The van der Waals surface area contributed by atoms with Gasteiger partial charge < -0.3 is 51.2 Å². The average molecular weight is 828 g/mol. The van der Waals surface area contributed by atoms with Crippen LogP contribution >= 0.6 is 27.4 Å². The predicted molar refractivity (Wildman–Crippen MR) is 184 cm³/mol. The molecule has 0 spiro atoms. The van der Waals surface area contributed by atoms with E-state index in [0.29, 0.717) is 11.3 Å². The zero-order chi connectivity index (χ0) is 39.7. The van der Waals surface area contributed by atoms with Crippen LogP contribution in [0.25, 0.3) is 21.6 Å². The number of ether oxygens (including phenoxy) is 2. The number of aromatic nitrogens is 5. The summed E-state index contributed by atoms with van der Waals surface area (Å²) in [4.78, 5) is 47.4. The van der Waals surface area contributed by atoms with Crippen LogP contribution in [0, 0.1) is 0 Å². The minimum Gasteiger partial charge on any atom is -0.387 e. The third-order valence-electron chi connectivity index (χ3n) is 8.31. The Bertz CT molecular complexity index is 2210. The largest absolute Gasteiger partial charge is 0.481 e. The summed E-state index contributed by atoms with van der Waals surface area (Å²) >= 11 is 1.11. The van der Waals surface area contributed by atoms with Crippen LogP contribution in [-0.4, -0.2) is 105 Å². The van der Waals surface area contributed by atoms with Gasteiger partial charge in [0.15, 0.2) is 46.9 Å². The van der Waals surface area contributed by atoms with Crippen LogP contribution in [0.5, 0.6) is 0 Å². The van der Waals surface area contributed by atoms with E-state index in [2.05, 4.69) is 29.3 Å². The summed E-state index contributed by atoms with van der Waals surface area (Å²) in [6.07, 6.45) is -8.69. The molecule has 2 fully saturated rings. The van der Waals surface area contributed by atoms with Crippen molar-refractivity contribution >= 4 is 56.0 Å². The van der Waals surface area contributed by atoms with Crippen LogP contribution in [0.15, 0.2) is 65.4 Å². The van der Waals surface area contributed by atoms with Crippen molar-refractivity contribution in [2.75, 3.05) is 18.9 Å². The van der Waals surface area contributed by atoms with Gasteiger partial charge in [-0.3, -0.25) is 18.4 Å². The summed E-state index contributed by atoms with van der Waals surface area (Å²) in [6, 6.07) is 9.58. The van der Waals surface area contributed by atoms with E-state index >= 15 is 0 Å². The van der Waals surface area contributed by atoms with Crippen molar-refractivity contribution < 1.29 is 71.5 Å². The Morgan fingerprint density at radius 1 is 1.00 bits per heavy atom. The van der Waals surface area contributed by atoms with Gasteiger partial charge in [-0.1, -0.05) is 41.1 Å². The zero-order valence-corrected chi connectivity index (χ0v) is 30.5. The molecule has 27 heteroatoms. The van der Waals surface area contributed by atoms with Gasteiger partial charge in [0.1, 0.15) is 42.4 Å². The van der Waals surface area contributed by atoms with Crippen LogP contribution in [0.4, 0.5) is 11.5 Å². The van der Waals surface area contributed by atoms with Crippen LogP contribution in [-0.2, 0) is 37.7 Å². The molecule has 1 amide bonds. The third-order valence-corrected chi connectivity index (χ3v) is 11.9. The molecule has 10 atom stereocenters. The molecule has 3 aromatic heterocycles. The van der Waals surface area contributed by atoms with E-state index in [1.807, 2.05) is 0 Å². The number of rotatable bonds is 15. The number of pyridine rings is 1. The molecule has 294 valence electrons. The molecule has 10 N–H and O–H groups in total. The molecule has 1 aromatic carbocycles. The molecule has 2 aliphatic rings. The maximum absolute atomic E-state index is 12.7. The fraction of sp³-hybridized carbons (Fsp3) is 0.393. The lowest BCUT2D eigenvalue weighted by Crippen LogP contribution is -2.46. The number of hydrogen-bond acceptors (Lipinski definition) is 18. The van der Waals surface area contributed by atoms with Gasteiger partial charge in [0.25, 0.3) is 12.1 Å². The normalized spacial score (nSPS) is 27.4. The molecule has 4 aromatic rings. The molecule has 24 nitrogen and oxygen atoms in total. The summed E-state index contributed by atoms with van der Waals surface area (Å²) < 4.78 is 53.2. The number of phosphoric ester groups is 2. The second-order valence-electron chi connectivity index (χ2n) is 11.9. The number of imidazole rings is 1. The SMILES string of the molecule is [N-]=[N+]=Nc1ccccc1CSc1nc2c(N)ncnc2n1[C@@H]1O[C@H](COP(=O)(O)OP(=O)(O)OC[C@H]2O[C@@H]([n+]3cccc(C(N)=O)c3)[C@H](O)[C@@H]2O)[C@@H](O)[C@H]1O. The highest BCUT2D eigenvalue weighted by molar-refractivity contribution is 7.98. The van der Waals surface area contributed by atoms with Crippen LogP contribution < -0.4 is 16.0 Å². The van der Waals surface area contributed by atoms with Gasteiger partial charge in [0.05, 0.1) is 13.2 Å². The molecule has 55 heavy (non-hydrogen) atoms. The molecule has 2 aliphatic heterocycles. The lowest BCUT2D eigenvalue weighted by molar-refractivity contribution is -0.765. The minimum atomic E-state index is -5.47. The van der Waals surface area contributed by atoms with Gasteiger partial charge in [-0.25, -0.2) is 24.1 Å². The van der Waals surface area contributed by atoms with E-state index in [1.165, 1.54) is 33.7 Å². The first-order valence-corrected chi connectivity index (χ1v) is 19.8. The van der Waals surface area contributed by atoms with Crippen molar-refractivity contribution in [2.45, 2.75) is 60.0 Å². The molecule has 6 rings (SSSR count). The first-order valence-electron chi connectivity index (χ1n) is 15.8. The number of fused-ring (bicyclic) bond motifs is 1. The number of nitrogens with two attached hydrogens (primary N) is 2. The number of carbonyl (C=O) groups is 1. The number of amides is 1. The fourth-order valence-corrected chi connectivity index (χ4v) is 8.77. The number of hydrogen-bond donors (Lipinski definition) is 8. The van der Waals surface area contributed by atoms with Crippen molar-refractivity contribution in [1.82, 2.24) is 19.5 Å². The lowest BCUT2D eigenvalue weighted by atomic mass is 10.1. The third kappa shape index (κ3) is 8.97. The molecule has 5 heterocycles. The standard InChI is InChI=1S/C28H32N10O14P2S/c29-23-18-25(33-12-32-23)38(28(34-18)55-11-14-4-1-2-6-15(14)35-36-31)27-22(42)20(40)17(51-27)10-49-54(46,47)52-53(44,45)48-9-16-19(39)21(41)26(50-16)37-7-3-5-13(8-37)24(30)43/h1-8,12,16-17,19-22,26-27,39-42H,9-11H2,(H5-,29,30,32,33,43,44,45,46,47)/p+1/t16-,17-,19-,20-,21-,22-,26-,27-/m1/s1. The van der Waals surface area contributed by atoms with Gasteiger partial charge in [-0.2, -0.15) is 8.88 Å². The van der Waals surface area contributed by atoms with E-state index in [0.717, 1.165) is 18.1 Å². The second kappa shape index (κ2) is 16.5. The first kappa shape index (κ1) is 40.5. The van der Waals surface area contributed by atoms with E-state index in [1.54, 1.807) is 24.3 Å². The number of phosphoric acid groups is 2. The van der Waals surface area contributed by atoms with Crippen molar-refractivity contribution in [3.63, 3.8) is 0 Å². The van der Waals surface area contributed by atoms with Crippen molar-refractivity contribution in [2.24, 2.45) is 10.8 Å². The highest BCUT2D eigenvalue weighted by Crippen LogP contribution is 2.61. The lowest BCUT2D eigenvalue weighted by Gasteiger charge is -2.20. The molecular weight excluding hydrogens is 794 g/mol. The Morgan fingerprint density at radius 3 is 2.36 bits per heavy atom. The Balaban J connectivity index is 1.09. The number of nitrogen functional groups attached to an aromatic ring is 1. The monoisotopic (exact) mass is 827 g/mol. The molecule has 0 radical (unpaired) electrons. The highest BCUT2D eigenvalue weighted by Gasteiger charge is 2.50. The Hall–Kier alpha value is -4.13. The maximum Gasteiger partial charge on any atom is 0.481 e. The van der Waals surface area contributed by atoms with Crippen LogP contribution in [0.1, 0.15) is 28.4 Å². The average Bonchev–Trinajstić information content (AvgIpc) is 3.75. The van der Waals surface area contributed by atoms with Gasteiger partial charge >= 0.3 is 15.6 Å². The number of thioether (sulfide) groups is 1. The zero-order valence-electron chi connectivity index (χ0n) is 27.9. The van der Waals surface area contributed by atoms with Crippen molar-refractivity contribution in [3.05, 3.63) is 76.7 Å². The first-order chi connectivity index (χ1) is 26.1. The molecular formula is C28H33N10O14P2S+. The van der Waals surface area contributed by atoms with E-state index < -0.39 is 83.8 Å². The summed E-state index contributed by atoms with van der Waals surface area (Å²) in [5.74, 6) is -0.587. The number of nitrogens with zero attached hydrogens (tertiary/aromatic N) is 8. The van der Waals surface area contributed by atoms with E-state index in [4.69, 9.17) is 35.5 Å². The summed E-state index contributed by atoms with van der Waals surface area (Å²) in [5, 5.41) is 46.7. The van der Waals surface area contributed by atoms with Crippen molar-refractivity contribution in [1.29, 1.82) is 0 Å². The summed E-state index contributed by atoms with van der Waals surface area (Å²) in [5.41, 5.74) is 21.5. The van der Waals surface area contributed by atoms with E-state index in [-0.39, 0.29) is 33.5 Å². The number of anilines is 1. The van der Waals surface area contributed by atoms with E-state index in [9.17, 15) is 44.1 Å². The molecule has 0 aliphatic carbocycles. The molecule has 0 bridgehead atoms. The molecule has 2 saturated heterocycles. The van der Waals surface area contributed by atoms with Gasteiger partial charge in [-0.15, -0.1) is 0 Å². The number of benzene rings is 1. The van der Waals surface area contributed by atoms with Gasteiger partial charge in [0, 0.05) is 22.4 Å². The van der Waals surface area contributed by atoms with Crippen LogP contribution in [0.2, 0.25) is 0 Å². The number of aliphatic hydroxyl groups is 4. The molecule has 2 unspecified atom stereocenters. The number of azide groups is 1. The number of aliphatic hydroxyl groups excluding tert-OH is 4. The maximum atomic E-state index is 12.7. The Labute approximate surface area is 313 Å². The Kier molecular flexibility index (Phi) is 12.2. The van der Waals surface area contributed by atoms with Gasteiger partial charge in [-0.05, 0) is 17.2 Å². The quantitative estimate of drug-likeness (QED) is 0.0198. The minimum absolute atomic E-state index is 0.0131. The Morgan fingerprint density at radius 2 is 1.67 bits per heavy atom. The number of carbonyl (C=O) groups excluding carboxylic acids is 1. The smallest absolute Gasteiger partial charge is 0.387 e. The van der Waals surface area contributed by atoms with Crippen molar-refractivity contribution in [3.8, 4) is 0 Å². The summed E-state index contributed by atoms with van der Waals surface area (Å²) in [6.45, 7) is -1.89.